The lowest BCUT2D eigenvalue weighted by Crippen LogP contribution is -2.28. The summed E-state index contributed by atoms with van der Waals surface area (Å²) in [6.45, 7) is 6.05. The molecule has 0 saturated heterocycles. The molecule has 1 atom stereocenters. The number of hydrogen-bond acceptors (Lipinski definition) is 5. The minimum Gasteiger partial charge on any atom is -0.349 e. The van der Waals surface area contributed by atoms with Gasteiger partial charge in [0, 0.05) is 0 Å². The number of fused-ring (bicyclic) bond motifs is 1. The highest BCUT2D eigenvalue weighted by Gasteiger charge is 2.16. The van der Waals surface area contributed by atoms with Crippen molar-refractivity contribution in [2.75, 3.05) is 5.75 Å². The van der Waals surface area contributed by atoms with Crippen molar-refractivity contribution >= 4 is 28.4 Å². The Labute approximate surface area is 179 Å². The van der Waals surface area contributed by atoms with Gasteiger partial charge >= 0.3 is 0 Å². The van der Waals surface area contributed by atoms with Gasteiger partial charge in [-0.2, -0.15) is 4.68 Å². The topological polar surface area (TPSA) is 72.7 Å². The summed E-state index contributed by atoms with van der Waals surface area (Å²) in [7, 11) is 0. The van der Waals surface area contributed by atoms with Crippen LogP contribution in [-0.2, 0) is 4.79 Å². The number of aryl methyl sites for hydroxylation is 2. The Balaban J connectivity index is 1.46. The maximum Gasteiger partial charge on any atom is 0.230 e. The molecule has 6 nitrogen and oxygen atoms in total. The van der Waals surface area contributed by atoms with Crippen molar-refractivity contribution in [2.24, 2.45) is 0 Å². The highest BCUT2D eigenvalue weighted by Crippen LogP contribution is 2.25. The van der Waals surface area contributed by atoms with Gasteiger partial charge in [0.2, 0.25) is 11.1 Å². The van der Waals surface area contributed by atoms with E-state index in [-0.39, 0.29) is 17.7 Å². The second kappa shape index (κ2) is 8.67. The molecule has 7 heteroatoms. The number of aromatic nitrogens is 4. The summed E-state index contributed by atoms with van der Waals surface area (Å²) in [6.07, 6.45) is 0. The lowest BCUT2D eigenvalue weighted by atomic mass is 10.00. The summed E-state index contributed by atoms with van der Waals surface area (Å²) < 4.78 is 1.71. The normalized spacial score (nSPS) is 12.1. The van der Waals surface area contributed by atoms with Gasteiger partial charge in [-0.15, -0.1) is 5.10 Å². The molecule has 0 unspecified atom stereocenters. The number of nitrogens with one attached hydrogen (secondary N) is 1. The summed E-state index contributed by atoms with van der Waals surface area (Å²) in [5.74, 6) is 0.178. The van der Waals surface area contributed by atoms with E-state index in [9.17, 15) is 4.79 Å². The number of carbonyl (C=O) groups is 1. The smallest absolute Gasteiger partial charge is 0.230 e. The third-order valence-corrected chi connectivity index (χ3v) is 6.01. The van der Waals surface area contributed by atoms with Crippen LogP contribution in [0.5, 0.6) is 0 Å². The molecule has 30 heavy (non-hydrogen) atoms. The van der Waals surface area contributed by atoms with Crippen LogP contribution in [0.25, 0.3) is 16.5 Å². The fourth-order valence-corrected chi connectivity index (χ4v) is 4.36. The molecular weight excluding hydrogens is 394 g/mol. The SMILES string of the molecule is Cc1cccc(C)c1-n1nnnc1SCC(=O)N[C@H](C)c1cccc2ccccc12. The minimum absolute atomic E-state index is 0.0588. The number of tetrazole rings is 1. The number of benzene rings is 3. The van der Waals surface area contributed by atoms with E-state index in [1.165, 1.54) is 17.1 Å². The van der Waals surface area contributed by atoms with Gasteiger partial charge in [0.15, 0.2) is 0 Å². The Morgan fingerprint density at radius 2 is 1.73 bits per heavy atom. The number of hydrogen-bond donors (Lipinski definition) is 1. The van der Waals surface area contributed by atoms with Crippen LogP contribution in [0.1, 0.15) is 29.7 Å². The average molecular weight is 418 g/mol. The number of para-hydroxylation sites is 1. The van der Waals surface area contributed by atoms with Crippen molar-refractivity contribution in [1.82, 2.24) is 25.5 Å². The quantitative estimate of drug-likeness (QED) is 0.471. The fourth-order valence-electron chi connectivity index (χ4n) is 3.67. The van der Waals surface area contributed by atoms with E-state index in [2.05, 4.69) is 45.1 Å². The van der Waals surface area contributed by atoms with Crippen molar-refractivity contribution < 1.29 is 4.79 Å². The molecule has 4 rings (SSSR count). The highest BCUT2D eigenvalue weighted by atomic mass is 32.2. The number of amides is 1. The first kappa shape index (κ1) is 20.1. The minimum atomic E-state index is -0.0983. The van der Waals surface area contributed by atoms with E-state index in [1.807, 2.05) is 57.2 Å². The first-order valence-corrected chi connectivity index (χ1v) is 10.8. The number of rotatable bonds is 6. The van der Waals surface area contributed by atoms with Gasteiger partial charge in [0.25, 0.3) is 0 Å². The van der Waals surface area contributed by atoms with Crippen molar-refractivity contribution in [2.45, 2.75) is 32.0 Å². The number of thioether (sulfide) groups is 1. The molecule has 0 aliphatic rings. The molecule has 0 fully saturated rings. The Kier molecular flexibility index (Phi) is 5.81. The third kappa shape index (κ3) is 4.07. The molecule has 1 heterocycles. The van der Waals surface area contributed by atoms with Crippen molar-refractivity contribution in [3.05, 3.63) is 77.4 Å². The zero-order chi connectivity index (χ0) is 21.1. The number of nitrogens with zero attached hydrogens (tertiary/aromatic N) is 4. The first-order chi connectivity index (χ1) is 14.5. The molecular formula is C23H23N5OS. The van der Waals surface area contributed by atoms with Crippen LogP contribution in [0, 0.1) is 13.8 Å². The predicted molar refractivity (Wildman–Crippen MR) is 120 cm³/mol. The van der Waals surface area contributed by atoms with E-state index >= 15 is 0 Å². The van der Waals surface area contributed by atoms with Crippen molar-refractivity contribution in [1.29, 1.82) is 0 Å². The second-order valence-electron chi connectivity index (χ2n) is 7.26. The van der Waals surface area contributed by atoms with E-state index in [1.54, 1.807) is 4.68 Å². The fraction of sp³-hybridized carbons (Fsp3) is 0.217. The second-order valence-corrected chi connectivity index (χ2v) is 8.20. The van der Waals surface area contributed by atoms with Crippen LogP contribution in [0.15, 0.2) is 65.8 Å². The molecule has 0 saturated carbocycles. The van der Waals surface area contributed by atoms with E-state index < -0.39 is 0 Å². The van der Waals surface area contributed by atoms with Crippen molar-refractivity contribution in [3.63, 3.8) is 0 Å². The first-order valence-electron chi connectivity index (χ1n) is 9.79. The molecule has 152 valence electrons. The highest BCUT2D eigenvalue weighted by molar-refractivity contribution is 7.99. The monoisotopic (exact) mass is 417 g/mol. The molecule has 0 radical (unpaired) electrons. The van der Waals surface area contributed by atoms with Crippen LogP contribution in [0.3, 0.4) is 0 Å². The predicted octanol–water partition coefficient (Wildman–Crippen LogP) is 4.40. The Bertz CT molecular complexity index is 1180. The molecule has 1 aromatic heterocycles. The standard InChI is InChI=1S/C23H23N5OS/c1-15-8-6-9-16(2)22(15)28-23(25-26-27-28)30-14-21(29)24-17(3)19-13-7-11-18-10-4-5-12-20(18)19/h4-13,17H,14H2,1-3H3,(H,24,29)/t17-/m1/s1. The average Bonchev–Trinajstić information content (AvgIpc) is 3.20. The Morgan fingerprint density at radius 1 is 1.03 bits per heavy atom. The van der Waals surface area contributed by atoms with Gasteiger partial charge in [0.1, 0.15) is 0 Å². The van der Waals surface area contributed by atoms with E-state index in [4.69, 9.17) is 0 Å². The van der Waals surface area contributed by atoms with Crippen LogP contribution in [0.4, 0.5) is 0 Å². The van der Waals surface area contributed by atoms with E-state index in [0.717, 1.165) is 27.8 Å². The van der Waals surface area contributed by atoms with Gasteiger partial charge in [-0.25, -0.2) is 0 Å². The van der Waals surface area contributed by atoms with Crippen LogP contribution in [0.2, 0.25) is 0 Å². The molecule has 0 aliphatic heterocycles. The van der Waals surface area contributed by atoms with Gasteiger partial charge < -0.3 is 5.32 Å². The van der Waals surface area contributed by atoms with Gasteiger partial charge in [0.05, 0.1) is 17.5 Å². The van der Waals surface area contributed by atoms with Crippen molar-refractivity contribution in [3.8, 4) is 5.69 Å². The third-order valence-electron chi connectivity index (χ3n) is 5.09. The van der Waals surface area contributed by atoms with Gasteiger partial charge in [-0.05, 0) is 58.7 Å². The molecule has 3 aromatic carbocycles. The number of carbonyl (C=O) groups excluding carboxylic acids is 1. The summed E-state index contributed by atoms with van der Waals surface area (Å²) in [5, 5.41) is 18.1. The maximum absolute atomic E-state index is 12.6. The molecule has 4 aromatic rings. The summed E-state index contributed by atoms with van der Waals surface area (Å²) in [5.41, 5.74) is 4.22. The molecule has 0 aliphatic carbocycles. The van der Waals surface area contributed by atoms with Gasteiger partial charge in [-0.3, -0.25) is 4.79 Å². The van der Waals surface area contributed by atoms with Crippen LogP contribution in [-0.4, -0.2) is 31.9 Å². The lowest BCUT2D eigenvalue weighted by Gasteiger charge is -2.16. The molecule has 0 bridgehead atoms. The summed E-state index contributed by atoms with van der Waals surface area (Å²) in [4.78, 5) is 12.6. The zero-order valence-electron chi connectivity index (χ0n) is 17.2. The summed E-state index contributed by atoms with van der Waals surface area (Å²) >= 11 is 1.33. The van der Waals surface area contributed by atoms with E-state index in [0.29, 0.717) is 5.16 Å². The molecule has 1 N–H and O–H groups in total. The largest absolute Gasteiger partial charge is 0.349 e. The Morgan fingerprint density at radius 3 is 2.53 bits per heavy atom. The lowest BCUT2D eigenvalue weighted by molar-refractivity contribution is -0.119. The molecule has 1 amide bonds. The van der Waals surface area contributed by atoms with Crippen LogP contribution >= 0.6 is 11.8 Å². The Hall–Kier alpha value is -3.19. The zero-order valence-corrected chi connectivity index (χ0v) is 18.0. The maximum atomic E-state index is 12.6. The van der Waals surface area contributed by atoms with Gasteiger partial charge in [-0.1, -0.05) is 72.4 Å². The summed E-state index contributed by atoms with van der Waals surface area (Å²) in [6, 6.07) is 20.3. The molecule has 0 spiro atoms. The van der Waals surface area contributed by atoms with Crippen LogP contribution < -0.4 is 5.32 Å².